The largest absolute Gasteiger partial charge is 0.455 e. The van der Waals surface area contributed by atoms with Crippen molar-refractivity contribution in [3.8, 4) is 0 Å². The molecule has 2 fully saturated rings. The predicted octanol–water partition coefficient (Wildman–Crippen LogP) is 3.66. The molecule has 6 rings (SSSR count). The van der Waals surface area contributed by atoms with Crippen molar-refractivity contribution in [2.75, 3.05) is 31.1 Å². The van der Waals surface area contributed by atoms with Crippen LogP contribution in [0.4, 0.5) is 5.69 Å². The van der Waals surface area contributed by atoms with E-state index in [-0.39, 0.29) is 44.5 Å². The van der Waals surface area contributed by atoms with Crippen molar-refractivity contribution < 1.29 is 33.8 Å². The predicted molar refractivity (Wildman–Crippen MR) is 171 cm³/mol. The molecule has 2 saturated heterocycles. The molecule has 5 bridgehead atoms. The number of anilines is 1. The normalized spacial score (nSPS) is 30.4. The smallest absolute Gasteiger partial charge is 0.313 e. The van der Waals surface area contributed by atoms with Gasteiger partial charge >= 0.3 is 5.97 Å². The molecule has 0 saturated carbocycles. The highest BCUT2D eigenvalue weighted by molar-refractivity contribution is 6.34. The van der Waals surface area contributed by atoms with E-state index < -0.39 is 47.6 Å². The summed E-state index contributed by atoms with van der Waals surface area (Å²) in [6.45, 7) is 2.19. The number of halogens is 1. The van der Waals surface area contributed by atoms with E-state index in [1.807, 2.05) is 55.5 Å². The number of esters is 1. The summed E-state index contributed by atoms with van der Waals surface area (Å²) >= 11 is 6.70. The molecule has 242 valence electrons. The lowest BCUT2D eigenvalue weighted by Crippen LogP contribution is -2.56. The molecule has 4 aliphatic heterocycles. The van der Waals surface area contributed by atoms with Gasteiger partial charge in [-0.3, -0.25) is 19.2 Å². The maximum atomic E-state index is 14.9. The van der Waals surface area contributed by atoms with E-state index in [9.17, 15) is 24.3 Å². The molecular formula is C35H38ClN3O7. The molecule has 4 aliphatic rings. The molecule has 1 spiro atoms. The number of ether oxygens (including phenoxy) is 2. The van der Waals surface area contributed by atoms with Crippen LogP contribution in [0.5, 0.6) is 0 Å². The van der Waals surface area contributed by atoms with E-state index in [0.717, 1.165) is 5.56 Å². The van der Waals surface area contributed by atoms with Gasteiger partial charge in [0.25, 0.3) is 5.91 Å². The number of carbonyl (C=O) groups is 4. The number of cyclic esters (lactones) is 1. The summed E-state index contributed by atoms with van der Waals surface area (Å²) in [5, 5.41) is 12.8. The van der Waals surface area contributed by atoms with Gasteiger partial charge in [-0.1, -0.05) is 78.4 Å². The van der Waals surface area contributed by atoms with Crippen molar-refractivity contribution in [2.24, 2.45) is 11.8 Å². The van der Waals surface area contributed by atoms with Crippen molar-refractivity contribution in [1.29, 1.82) is 0 Å². The minimum absolute atomic E-state index is 0.0596. The molecule has 2 aromatic rings. The molecule has 0 aliphatic carbocycles. The number of aryl methyl sites for hydroxylation is 1. The Labute approximate surface area is 273 Å². The number of carbonyl (C=O) groups excluding carboxylic acids is 4. The standard InChI is InChI=1S/C35H38ClN3O7/c1-22-11-10-14-24(36)30(22)38-18-7-3-6-15-27(41)37-21-26(23-12-4-2-5-13-23)45-34(44)28-25-16-17-35(46-25)29(28)32(42)39(19-8-9-20-40)31(35)33(38)43/h2-5,7,10-14,16-17,25-26,28-29,31,40H,6,8-9,15,18-21H2,1H3,(H,37,41)/b7-3-/t25-,26-,28+,29+,31-,35+/m0/s1. The van der Waals surface area contributed by atoms with Gasteiger partial charge < -0.3 is 29.7 Å². The van der Waals surface area contributed by atoms with Gasteiger partial charge in [0.15, 0.2) is 0 Å². The molecule has 46 heavy (non-hydrogen) atoms. The Bertz CT molecular complexity index is 1540. The number of unbranched alkanes of at least 4 members (excludes halogenated alkanes) is 1. The first-order chi connectivity index (χ1) is 22.3. The number of fused-ring (bicyclic) bond motifs is 2. The van der Waals surface area contributed by atoms with Crippen LogP contribution in [-0.2, 0) is 28.7 Å². The van der Waals surface area contributed by atoms with Crippen LogP contribution >= 0.6 is 11.6 Å². The molecule has 11 heteroatoms. The molecule has 6 atom stereocenters. The number of allylic oxidation sites excluding steroid dienone is 1. The Hall–Kier alpha value is -3.99. The number of rotatable bonds is 6. The summed E-state index contributed by atoms with van der Waals surface area (Å²) in [6.07, 6.45) is 7.11. The molecule has 0 unspecified atom stereocenters. The second kappa shape index (κ2) is 13.4. The number of aliphatic hydroxyl groups excluding tert-OH is 1. The van der Waals surface area contributed by atoms with E-state index >= 15 is 0 Å². The lowest BCUT2D eigenvalue weighted by molar-refractivity contribution is -0.159. The lowest BCUT2D eigenvalue weighted by Gasteiger charge is -2.36. The van der Waals surface area contributed by atoms with Gasteiger partial charge in [0.05, 0.1) is 29.3 Å². The number of hydrogen-bond donors (Lipinski definition) is 2. The fraction of sp³-hybridized carbons (Fsp3) is 0.429. The maximum Gasteiger partial charge on any atom is 0.313 e. The fourth-order valence-corrected chi connectivity index (χ4v) is 7.50. The summed E-state index contributed by atoms with van der Waals surface area (Å²) < 4.78 is 12.6. The van der Waals surface area contributed by atoms with Gasteiger partial charge in [-0.05, 0) is 43.4 Å². The second-order valence-corrected chi connectivity index (χ2v) is 12.6. The third-order valence-electron chi connectivity index (χ3n) is 9.32. The number of aliphatic hydroxyl groups is 1. The van der Waals surface area contributed by atoms with Crippen LogP contribution in [0.15, 0.2) is 72.8 Å². The molecule has 10 nitrogen and oxygen atoms in total. The quantitative estimate of drug-likeness (QED) is 0.279. The van der Waals surface area contributed by atoms with Gasteiger partial charge in [0.2, 0.25) is 11.8 Å². The first-order valence-corrected chi connectivity index (χ1v) is 16.2. The van der Waals surface area contributed by atoms with Crippen LogP contribution in [0.3, 0.4) is 0 Å². The highest BCUT2D eigenvalue weighted by Gasteiger charge is 2.73. The van der Waals surface area contributed by atoms with Crippen molar-refractivity contribution in [1.82, 2.24) is 10.2 Å². The number of benzene rings is 2. The summed E-state index contributed by atoms with van der Waals surface area (Å²) in [6, 6.07) is 13.4. The Morgan fingerprint density at radius 3 is 2.59 bits per heavy atom. The molecule has 2 aromatic carbocycles. The summed E-state index contributed by atoms with van der Waals surface area (Å²) in [7, 11) is 0. The van der Waals surface area contributed by atoms with E-state index in [0.29, 0.717) is 35.5 Å². The maximum absolute atomic E-state index is 14.9. The molecule has 0 radical (unpaired) electrons. The van der Waals surface area contributed by atoms with Crippen molar-refractivity contribution in [2.45, 2.75) is 56.5 Å². The van der Waals surface area contributed by atoms with Crippen LogP contribution < -0.4 is 10.2 Å². The van der Waals surface area contributed by atoms with E-state index in [1.54, 1.807) is 29.2 Å². The molecule has 2 N–H and O–H groups in total. The molecule has 0 aromatic heterocycles. The van der Waals surface area contributed by atoms with Gasteiger partial charge in [-0.25, -0.2) is 0 Å². The fourth-order valence-electron chi connectivity index (χ4n) is 7.18. The van der Waals surface area contributed by atoms with Crippen LogP contribution in [0.25, 0.3) is 0 Å². The van der Waals surface area contributed by atoms with Crippen LogP contribution in [0.2, 0.25) is 5.02 Å². The summed E-state index contributed by atoms with van der Waals surface area (Å²) in [5.41, 5.74) is 0.578. The zero-order valence-electron chi connectivity index (χ0n) is 25.6. The van der Waals surface area contributed by atoms with E-state index in [2.05, 4.69) is 5.32 Å². The summed E-state index contributed by atoms with van der Waals surface area (Å²) in [4.78, 5) is 59.1. The number of amides is 3. The Balaban J connectivity index is 1.44. The van der Waals surface area contributed by atoms with Gasteiger partial charge in [0, 0.05) is 26.1 Å². The average Bonchev–Trinajstić information content (AvgIpc) is 3.69. The highest BCUT2D eigenvalue weighted by atomic mass is 35.5. The van der Waals surface area contributed by atoms with Gasteiger partial charge in [-0.15, -0.1) is 0 Å². The first kappa shape index (κ1) is 32.0. The zero-order valence-corrected chi connectivity index (χ0v) is 26.4. The highest BCUT2D eigenvalue weighted by Crippen LogP contribution is 2.56. The van der Waals surface area contributed by atoms with Crippen molar-refractivity contribution in [3.63, 3.8) is 0 Å². The number of likely N-dealkylation sites (tertiary alicyclic amines) is 1. The molecular weight excluding hydrogens is 610 g/mol. The topological polar surface area (TPSA) is 125 Å². The molecule has 4 heterocycles. The SMILES string of the molecule is Cc1cccc(Cl)c1N1C/C=C\CCC(=O)NC[C@@H](c2ccccc2)OC(=O)[C@@H]2[C@@H]3C=C[C@]4(O3)[C@H](C1=O)N(CCCCO)C(=O)[C@@H]24. The third-order valence-corrected chi connectivity index (χ3v) is 9.62. The van der Waals surface area contributed by atoms with Crippen molar-refractivity contribution >= 4 is 41.0 Å². The Morgan fingerprint density at radius 1 is 1.02 bits per heavy atom. The van der Waals surface area contributed by atoms with Crippen molar-refractivity contribution in [3.05, 3.63) is 89.0 Å². The van der Waals surface area contributed by atoms with Gasteiger partial charge in [0.1, 0.15) is 23.7 Å². The number of nitrogens with one attached hydrogen (secondary N) is 1. The Morgan fingerprint density at radius 2 is 1.83 bits per heavy atom. The number of nitrogens with zero attached hydrogens (tertiary/aromatic N) is 2. The monoisotopic (exact) mass is 647 g/mol. The zero-order chi connectivity index (χ0) is 32.4. The third kappa shape index (κ3) is 5.74. The van der Waals surface area contributed by atoms with E-state index in [1.165, 1.54) is 4.90 Å². The van der Waals surface area contributed by atoms with Crippen LogP contribution in [0, 0.1) is 18.8 Å². The first-order valence-electron chi connectivity index (χ1n) is 15.8. The lowest BCUT2D eigenvalue weighted by atomic mass is 9.74. The number of para-hydroxylation sites is 1. The minimum Gasteiger partial charge on any atom is -0.455 e. The van der Waals surface area contributed by atoms with Crippen LogP contribution in [-0.4, -0.2) is 77.7 Å². The van der Waals surface area contributed by atoms with Crippen LogP contribution in [0.1, 0.15) is 42.9 Å². The average molecular weight is 648 g/mol. The van der Waals surface area contributed by atoms with E-state index in [4.69, 9.17) is 21.1 Å². The minimum atomic E-state index is -1.40. The summed E-state index contributed by atoms with van der Waals surface area (Å²) in [5.74, 6) is -3.61. The second-order valence-electron chi connectivity index (χ2n) is 12.2. The number of hydrogen-bond acceptors (Lipinski definition) is 7. The Kier molecular flexibility index (Phi) is 9.31. The molecule has 3 amide bonds. The van der Waals surface area contributed by atoms with Gasteiger partial charge in [-0.2, -0.15) is 0 Å².